The molecule has 0 fully saturated rings. The van der Waals surface area contributed by atoms with Gasteiger partial charge in [-0.3, -0.25) is 9.42 Å². The summed E-state index contributed by atoms with van der Waals surface area (Å²) in [5.41, 5.74) is 0. The van der Waals surface area contributed by atoms with E-state index in [2.05, 4.69) is 6.92 Å². The summed E-state index contributed by atoms with van der Waals surface area (Å²) < 4.78 is 21.2. The molecule has 1 aromatic rings. The molecular weight excluding hydrogens is 255 g/mol. The first kappa shape index (κ1) is 15.0. The van der Waals surface area contributed by atoms with Crippen LogP contribution in [0, 0.1) is 0 Å². The van der Waals surface area contributed by atoms with Crippen molar-refractivity contribution < 1.29 is 23.6 Å². The van der Waals surface area contributed by atoms with E-state index in [1.165, 1.54) is 12.1 Å². The van der Waals surface area contributed by atoms with Crippen LogP contribution in [0.5, 0.6) is 11.5 Å². The van der Waals surface area contributed by atoms with Gasteiger partial charge in [-0.15, -0.1) is 0 Å². The fourth-order valence-electron chi connectivity index (χ4n) is 1.39. The summed E-state index contributed by atoms with van der Waals surface area (Å²) in [4.78, 5) is 9.45. The van der Waals surface area contributed by atoms with Gasteiger partial charge in [-0.1, -0.05) is 38.3 Å². The number of hydrogen-bond donors (Lipinski definition) is 2. The molecule has 1 rings (SSSR count). The van der Waals surface area contributed by atoms with Crippen LogP contribution >= 0.6 is 7.82 Å². The zero-order valence-corrected chi connectivity index (χ0v) is 11.3. The molecule has 0 saturated carbocycles. The highest BCUT2D eigenvalue weighted by atomic mass is 31.2. The van der Waals surface area contributed by atoms with Gasteiger partial charge in [0.2, 0.25) is 0 Å². The second-order valence-corrected chi connectivity index (χ2v) is 5.30. The molecule has 1 unspecified atom stereocenters. The summed E-state index contributed by atoms with van der Waals surface area (Å²) >= 11 is 0. The summed E-state index contributed by atoms with van der Waals surface area (Å²) in [7, 11) is -4.15. The third-order valence-electron chi connectivity index (χ3n) is 2.33. The van der Waals surface area contributed by atoms with E-state index in [9.17, 15) is 14.6 Å². The second-order valence-electron chi connectivity index (χ2n) is 3.92. The summed E-state index contributed by atoms with van der Waals surface area (Å²) in [6.07, 6.45) is 3.82. The molecule has 2 N–H and O–H groups in total. The largest absolute Gasteiger partial charge is 0.527 e. The quantitative estimate of drug-likeness (QED) is 0.560. The van der Waals surface area contributed by atoms with E-state index >= 15 is 0 Å². The van der Waals surface area contributed by atoms with Gasteiger partial charge >= 0.3 is 7.82 Å². The predicted molar refractivity (Wildman–Crippen MR) is 68.7 cm³/mol. The molecule has 0 aromatic heterocycles. The number of rotatable bonds is 8. The summed E-state index contributed by atoms with van der Waals surface area (Å²) in [6, 6.07) is 5.96. The Kier molecular flexibility index (Phi) is 6.19. The van der Waals surface area contributed by atoms with E-state index in [0.29, 0.717) is 6.42 Å². The second kappa shape index (κ2) is 7.41. The number of phosphoric acid groups is 1. The molecule has 18 heavy (non-hydrogen) atoms. The number of phosphoric ester groups is 1. The van der Waals surface area contributed by atoms with Gasteiger partial charge in [-0.05, 0) is 18.6 Å². The molecule has 1 atom stereocenters. The molecular formula is C12H19O5P. The number of para-hydroxylation sites is 2. The fraction of sp³-hybridized carbons (Fsp3) is 0.500. The third-order valence-corrected chi connectivity index (χ3v) is 3.27. The number of phenols is 1. The number of benzene rings is 1. The average Bonchev–Trinajstić information content (AvgIpc) is 2.31. The number of hydrogen-bond acceptors (Lipinski definition) is 4. The molecule has 0 bridgehead atoms. The van der Waals surface area contributed by atoms with Crippen LogP contribution in [0.2, 0.25) is 0 Å². The lowest BCUT2D eigenvalue weighted by molar-refractivity contribution is 0.197. The summed E-state index contributed by atoms with van der Waals surface area (Å²) in [5.74, 6) is -0.252. The van der Waals surface area contributed by atoms with Crippen molar-refractivity contribution in [3.05, 3.63) is 24.3 Å². The fourth-order valence-corrected chi connectivity index (χ4v) is 2.21. The van der Waals surface area contributed by atoms with Crippen LogP contribution in [0.25, 0.3) is 0 Å². The van der Waals surface area contributed by atoms with E-state index in [1.807, 2.05) is 0 Å². The maximum Gasteiger partial charge on any atom is 0.527 e. The molecule has 0 amide bonds. The Hall–Kier alpha value is -1.03. The monoisotopic (exact) mass is 274 g/mol. The maximum atomic E-state index is 11.6. The minimum atomic E-state index is -4.15. The number of aromatic hydroxyl groups is 1. The minimum Gasteiger partial charge on any atom is -0.504 e. The standard InChI is InChI=1S/C12H19O5P/c1-2-3-4-7-10-16-18(14,15)17-12-9-6-5-8-11(12)13/h5-6,8-9,13H,2-4,7,10H2,1H3,(H,14,15). The molecule has 0 aliphatic rings. The van der Waals surface area contributed by atoms with Crippen LogP contribution in [0.4, 0.5) is 0 Å². The van der Waals surface area contributed by atoms with Gasteiger partial charge < -0.3 is 9.63 Å². The normalized spacial score (nSPS) is 14.1. The molecule has 0 aliphatic carbocycles. The lowest BCUT2D eigenvalue weighted by atomic mass is 10.2. The first-order valence-electron chi connectivity index (χ1n) is 6.00. The summed E-state index contributed by atoms with van der Waals surface area (Å²) in [5, 5.41) is 9.40. The van der Waals surface area contributed by atoms with Gasteiger partial charge in [0.1, 0.15) is 0 Å². The van der Waals surface area contributed by atoms with Crippen molar-refractivity contribution in [2.24, 2.45) is 0 Å². The van der Waals surface area contributed by atoms with Gasteiger partial charge in [0, 0.05) is 0 Å². The Balaban J connectivity index is 2.40. The van der Waals surface area contributed by atoms with Crippen LogP contribution in [-0.2, 0) is 9.09 Å². The van der Waals surface area contributed by atoms with Crippen LogP contribution in [-0.4, -0.2) is 16.6 Å². The van der Waals surface area contributed by atoms with Gasteiger partial charge in [-0.25, -0.2) is 4.57 Å². The molecule has 102 valence electrons. The van der Waals surface area contributed by atoms with E-state index in [1.54, 1.807) is 12.1 Å². The van der Waals surface area contributed by atoms with Crippen LogP contribution < -0.4 is 4.52 Å². The van der Waals surface area contributed by atoms with Crippen LogP contribution in [0.15, 0.2) is 24.3 Å². The highest BCUT2D eigenvalue weighted by Gasteiger charge is 2.23. The maximum absolute atomic E-state index is 11.6. The first-order chi connectivity index (χ1) is 8.55. The molecule has 1 aromatic carbocycles. The molecule has 0 radical (unpaired) electrons. The minimum absolute atomic E-state index is 0.0584. The highest BCUT2D eigenvalue weighted by molar-refractivity contribution is 7.47. The van der Waals surface area contributed by atoms with Crippen LogP contribution in [0.1, 0.15) is 32.6 Å². The highest BCUT2D eigenvalue weighted by Crippen LogP contribution is 2.46. The van der Waals surface area contributed by atoms with Crippen molar-refractivity contribution in [3.8, 4) is 11.5 Å². The zero-order chi connectivity index (χ0) is 13.4. The smallest absolute Gasteiger partial charge is 0.504 e. The molecule has 5 nitrogen and oxygen atoms in total. The van der Waals surface area contributed by atoms with Crippen molar-refractivity contribution in [2.45, 2.75) is 32.6 Å². The molecule has 0 spiro atoms. The van der Waals surface area contributed by atoms with Crippen LogP contribution in [0.3, 0.4) is 0 Å². The topological polar surface area (TPSA) is 76.0 Å². The van der Waals surface area contributed by atoms with Gasteiger partial charge in [0.25, 0.3) is 0 Å². The zero-order valence-electron chi connectivity index (χ0n) is 10.4. The van der Waals surface area contributed by atoms with E-state index in [0.717, 1.165) is 19.3 Å². The van der Waals surface area contributed by atoms with E-state index in [4.69, 9.17) is 9.05 Å². The van der Waals surface area contributed by atoms with Crippen molar-refractivity contribution in [1.29, 1.82) is 0 Å². The Labute approximate surface area is 107 Å². The average molecular weight is 274 g/mol. The Morgan fingerprint density at radius 3 is 2.61 bits per heavy atom. The van der Waals surface area contributed by atoms with Crippen molar-refractivity contribution in [1.82, 2.24) is 0 Å². The Morgan fingerprint density at radius 2 is 1.94 bits per heavy atom. The molecule has 6 heteroatoms. The number of unbranched alkanes of at least 4 members (excludes halogenated alkanes) is 3. The Morgan fingerprint density at radius 1 is 1.22 bits per heavy atom. The third kappa shape index (κ3) is 5.54. The van der Waals surface area contributed by atoms with E-state index in [-0.39, 0.29) is 18.1 Å². The molecule has 0 aliphatic heterocycles. The molecule has 0 saturated heterocycles. The van der Waals surface area contributed by atoms with Gasteiger partial charge in [0.05, 0.1) is 6.61 Å². The van der Waals surface area contributed by atoms with Gasteiger partial charge in [0.15, 0.2) is 11.5 Å². The lowest BCUT2D eigenvalue weighted by Crippen LogP contribution is -1.99. The van der Waals surface area contributed by atoms with Gasteiger partial charge in [-0.2, -0.15) is 0 Å². The van der Waals surface area contributed by atoms with Crippen molar-refractivity contribution in [2.75, 3.05) is 6.61 Å². The van der Waals surface area contributed by atoms with E-state index < -0.39 is 7.82 Å². The van der Waals surface area contributed by atoms with Crippen molar-refractivity contribution >= 4 is 7.82 Å². The lowest BCUT2D eigenvalue weighted by Gasteiger charge is -2.13. The molecule has 0 heterocycles. The Bertz CT molecular complexity index is 407. The van der Waals surface area contributed by atoms with Crippen molar-refractivity contribution in [3.63, 3.8) is 0 Å². The SMILES string of the molecule is CCCCCCOP(=O)(O)Oc1ccccc1O. The summed E-state index contributed by atoms with van der Waals surface area (Å²) in [6.45, 7) is 2.25. The predicted octanol–water partition coefficient (Wildman–Crippen LogP) is 3.47. The number of phenolic OH excluding ortho intramolecular Hbond substituents is 1. The first-order valence-corrected chi connectivity index (χ1v) is 7.49.